The zero-order chi connectivity index (χ0) is 5.28. The highest BCUT2D eigenvalue weighted by atomic mass is 16.7. The molecule has 4 heteroatoms. The van der Waals surface area contributed by atoms with Crippen LogP contribution in [-0.2, 0) is 9.63 Å². The molecule has 38 valence electrons. The van der Waals surface area contributed by atoms with Gasteiger partial charge in [0.1, 0.15) is 12.3 Å². The monoisotopic (exact) mass is 99.0 g/mol. The molecule has 0 saturated carbocycles. The van der Waals surface area contributed by atoms with Crippen molar-refractivity contribution in [3.8, 4) is 0 Å². The maximum absolute atomic E-state index is 10.3. The van der Waals surface area contributed by atoms with E-state index < -0.39 is 0 Å². The minimum atomic E-state index is 0.155. The van der Waals surface area contributed by atoms with Crippen LogP contribution in [0.15, 0.2) is 0 Å². The Morgan fingerprint density at radius 1 is 2.00 bits per heavy atom. The predicted octanol–water partition coefficient (Wildman–Crippen LogP) is -1.26. The van der Waals surface area contributed by atoms with Gasteiger partial charge in [0.05, 0.1) is 0 Å². The van der Waals surface area contributed by atoms with Gasteiger partial charge in [-0.1, -0.05) is 0 Å². The molecule has 0 radical (unpaired) electrons. The molecule has 1 aliphatic rings. The van der Waals surface area contributed by atoms with Crippen molar-refractivity contribution in [2.75, 3.05) is 13.7 Å². The lowest BCUT2D eigenvalue weighted by Crippen LogP contribution is -2.16. The molecule has 0 atom stereocenters. The van der Waals surface area contributed by atoms with Gasteiger partial charge in [-0.15, -0.1) is 0 Å². The summed E-state index contributed by atoms with van der Waals surface area (Å²) in [6.07, 6.45) is 0. The fourth-order valence-electron chi connectivity index (χ4n) is 0.522. The first-order valence-electron chi connectivity index (χ1n) is 2.15. The minimum absolute atomic E-state index is 0.155. The van der Waals surface area contributed by atoms with Crippen LogP contribution in [0.3, 0.4) is 0 Å². The third kappa shape index (κ3) is 1.01. The maximum Gasteiger partial charge on any atom is 0.319 e. The number of carbonyl (C=O) groups is 1. The summed E-state index contributed by atoms with van der Waals surface area (Å²) in [6, 6.07) is 0. The molecule has 0 aromatic carbocycles. The number of hydroxylamine groups is 1. The third-order valence-electron chi connectivity index (χ3n) is 0.845. The van der Waals surface area contributed by atoms with E-state index in [4.69, 9.17) is 4.84 Å². The summed E-state index contributed by atoms with van der Waals surface area (Å²) >= 11 is 0. The second kappa shape index (κ2) is 1.64. The molecule has 0 unspecified atom stereocenters. The van der Waals surface area contributed by atoms with Gasteiger partial charge in [-0.3, -0.25) is 0 Å². The number of carbonyl (C=O) groups excluding carboxylic acids is 1. The van der Waals surface area contributed by atoms with Crippen molar-refractivity contribution >= 4 is 13.1 Å². The first-order chi connectivity index (χ1) is 3.29. The van der Waals surface area contributed by atoms with Crippen LogP contribution in [0.4, 0.5) is 0 Å². The van der Waals surface area contributed by atoms with E-state index in [0.29, 0.717) is 7.41 Å². The summed E-state index contributed by atoms with van der Waals surface area (Å²) < 4.78 is 0. The summed E-state index contributed by atoms with van der Waals surface area (Å²) in [5, 5.41) is 0. The Labute approximate surface area is 42.5 Å². The third-order valence-corrected chi connectivity index (χ3v) is 0.845. The molecule has 0 bridgehead atoms. The molecule has 0 spiro atoms. The van der Waals surface area contributed by atoms with Crippen molar-refractivity contribution in [2.24, 2.45) is 0 Å². The van der Waals surface area contributed by atoms with Gasteiger partial charge in [-0.05, 0) is 0 Å². The average Bonchev–Trinajstić information content (AvgIpc) is 1.87. The fraction of sp³-hybridized carbons (Fsp3) is 0.667. The topological polar surface area (TPSA) is 29.5 Å². The largest absolute Gasteiger partial charge is 0.319 e. The quantitative estimate of drug-likeness (QED) is 0.355. The van der Waals surface area contributed by atoms with E-state index in [1.807, 2.05) is 0 Å². The van der Waals surface area contributed by atoms with Crippen LogP contribution in [0.5, 0.6) is 0 Å². The van der Waals surface area contributed by atoms with Gasteiger partial charge in [-0.2, -0.15) is 0 Å². The molecule has 1 fully saturated rings. The summed E-state index contributed by atoms with van der Waals surface area (Å²) in [7, 11) is 2.19. The maximum atomic E-state index is 10.3. The first kappa shape index (κ1) is 4.81. The molecular weight excluding hydrogens is 92.8 g/mol. The van der Waals surface area contributed by atoms with Crippen molar-refractivity contribution in [3.05, 3.63) is 0 Å². The van der Waals surface area contributed by atoms with E-state index in [1.165, 1.54) is 4.97 Å². The molecule has 0 amide bonds. The Balaban J connectivity index is 2.40. The van der Waals surface area contributed by atoms with Crippen molar-refractivity contribution in [1.29, 1.82) is 0 Å². The van der Waals surface area contributed by atoms with Crippen molar-refractivity contribution in [3.63, 3.8) is 0 Å². The zero-order valence-corrected chi connectivity index (χ0v) is 4.18. The average molecular weight is 98.9 g/mol. The predicted molar refractivity (Wildman–Crippen MR) is 25.9 cm³/mol. The molecule has 0 N–H and O–H groups in total. The van der Waals surface area contributed by atoms with Gasteiger partial charge in [0, 0.05) is 7.05 Å². The molecule has 3 nitrogen and oxygen atoms in total. The van der Waals surface area contributed by atoms with E-state index in [2.05, 4.69) is 0 Å². The molecule has 1 heterocycles. The molecule has 1 saturated heterocycles. The van der Waals surface area contributed by atoms with Crippen molar-refractivity contribution in [1.82, 2.24) is 4.97 Å². The lowest BCUT2D eigenvalue weighted by atomic mass is 9.90. The lowest BCUT2D eigenvalue weighted by Gasteiger charge is -1.99. The van der Waals surface area contributed by atoms with Gasteiger partial charge in [0.15, 0.2) is 0 Å². The van der Waals surface area contributed by atoms with Crippen LogP contribution in [0.1, 0.15) is 0 Å². The zero-order valence-electron chi connectivity index (χ0n) is 4.18. The molecule has 1 aliphatic heterocycles. The van der Waals surface area contributed by atoms with E-state index in [-0.39, 0.29) is 12.3 Å². The van der Waals surface area contributed by atoms with Crippen LogP contribution in [0.25, 0.3) is 0 Å². The summed E-state index contributed by atoms with van der Waals surface area (Å²) in [5.41, 5.74) is 0.155. The molecule has 0 aromatic heterocycles. The van der Waals surface area contributed by atoms with Gasteiger partial charge >= 0.3 is 7.41 Å². The Morgan fingerprint density at radius 3 is 2.86 bits per heavy atom. The fourth-order valence-corrected chi connectivity index (χ4v) is 0.522. The molecule has 1 rings (SSSR count). The molecule has 0 aliphatic carbocycles. The standard InChI is InChI=1S/C3H6BNO2/c1-5-4-3(6)2-7-5/h4H,2H2,1H3. The normalized spacial score (nSPS) is 22.7. The second-order valence-corrected chi connectivity index (χ2v) is 1.60. The van der Waals surface area contributed by atoms with Crippen LogP contribution in [0.2, 0.25) is 0 Å². The van der Waals surface area contributed by atoms with Crippen molar-refractivity contribution < 1.29 is 9.63 Å². The summed E-state index contributed by atoms with van der Waals surface area (Å²) in [4.78, 5) is 16.6. The highest BCUT2D eigenvalue weighted by Crippen LogP contribution is 1.91. The molecule has 7 heavy (non-hydrogen) atoms. The Morgan fingerprint density at radius 2 is 2.71 bits per heavy atom. The Hall–Kier alpha value is -0.345. The van der Waals surface area contributed by atoms with Crippen molar-refractivity contribution in [2.45, 2.75) is 0 Å². The van der Waals surface area contributed by atoms with Gasteiger partial charge in [0.25, 0.3) is 0 Å². The van der Waals surface area contributed by atoms with Gasteiger partial charge in [-0.25, -0.2) is 4.97 Å². The number of hydrogen-bond acceptors (Lipinski definition) is 3. The summed E-state index contributed by atoms with van der Waals surface area (Å²) in [6.45, 7) is 0.260. The van der Waals surface area contributed by atoms with E-state index >= 15 is 0 Å². The van der Waals surface area contributed by atoms with E-state index in [0.717, 1.165) is 0 Å². The first-order valence-corrected chi connectivity index (χ1v) is 2.15. The molecular formula is C3H6BNO2. The van der Waals surface area contributed by atoms with Crippen LogP contribution in [0, 0.1) is 0 Å². The minimum Gasteiger partial charge on any atom is -0.307 e. The Bertz CT molecular complexity index is 94.9. The number of nitrogens with zero attached hydrogens (tertiary/aromatic N) is 1. The number of hydrogen-bond donors (Lipinski definition) is 0. The van der Waals surface area contributed by atoms with Crippen LogP contribution < -0.4 is 0 Å². The lowest BCUT2D eigenvalue weighted by molar-refractivity contribution is -0.117. The Kier molecular flexibility index (Phi) is 1.12. The highest BCUT2D eigenvalue weighted by Gasteiger charge is 2.17. The highest BCUT2D eigenvalue weighted by molar-refractivity contribution is 6.72. The van der Waals surface area contributed by atoms with E-state index in [9.17, 15) is 4.79 Å². The summed E-state index contributed by atoms with van der Waals surface area (Å²) in [5.74, 6) is 0. The van der Waals surface area contributed by atoms with Gasteiger partial charge < -0.3 is 9.63 Å². The van der Waals surface area contributed by atoms with Crippen LogP contribution in [-0.4, -0.2) is 31.7 Å². The molecule has 0 aromatic rings. The van der Waals surface area contributed by atoms with Crippen LogP contribution >= 0.6 is 0 Å². The second-order valence-electron chi connectivity index (χ2n) is 1.60. The number of rotatable bonds is 0. The van der Waals surface area contributed by atoms with E-state index in [1.54, 1.807) is 7.05 Å². The SMILES string of the molecule is CN1BC(=O)CO1. The smallest absolute Gasteiger partial charge is 0.307 e. The van der Waals surface area contributed by atoms with Gasteiger partial charge in [0.2, 0.25) is 0 Å².